The lowest BCUT2D eigenvalue weighted by Crippen LogP contribution is -2.29. The van der Waals surface area contributed by atoms with Crippen LogP contribution in [0.4, 0.5) is 10.1 Å². The van der Waals surface area contributed by atoms with Gasteiger partial charge in [0.05, 0.1) is 5.69 Å². The van der Waals surface area contributed by atoms with Crippen LogP contribution in [-0.4, -0.2) is 11.7 Å². The van der Waals surface area contributed by atoms with Crippen molar-refractivity contribution in [3.63, 3.8) is 0 Å². The molecule has 0 saturated heterocycles. The van der Waals surface area contributed by atoms with Crippen LogP contribution in [0.2, 0.25) is 5.02 Å². The van der Waals surface area contributed by atoms with Crippen LogP contribution in [0.5, 0.6) is 0 Å². The van der Waals surface area contributed by atoms with Crippen molar-refractivity contribution in [3.8, 4) is 0 Å². The Morgan fingerprint density at radius 1 is 1.53 bits per heavy atom. The van der Waals surface area contributed by atoms with Gasteiger partial charge in [-0.3, -0.25) is 0 Å². The predicted molar refractivity (Wildman–Crippen MR) is 65.9 cm³/mol. The predicted octanol–water partition coefficient (Wildman–Crippen LogP) is 3.18. The smallest absolute Gasteiger partial charge is 0.170 e. The molecule has 0 spiro atoms. The molecule has 82 valence electrons. The number of anilines is 1. The van der Waals surface area contributed by atoms with Crippen molar-refractivity contribution in [3.05, 3.63) is 29.0 Å². The Kier molecular flexibility index (Phi) is 4.78. The standard InChI is InChI=1S/C10H12ClFN2S/c1-2-5-13-10(15)14-9-6-7(11)3-4-8(9)12/h3-4,6H,2,5H2,1H3,(H2,13,14,15). The summed E-state index contributed by atoms with van der Waals surface area (Å²) in [5, 5.41) is 6.56. The second-order valence-corrected chi connectivity index (χ2v) is 3.85. The lowest BCUT2D eigenvalue weighted by molar-refractivity contribution is 0.632. The highest BCUT2D eigenvalue weighted by Crippen LogP contribution is 2.19. The van der Waals surface area contributed by atoms with E-state index in [1.165, 1.54) is 18.2 Å². The van der Waals surface area contributed by atoms with Crippen molar-refractivity contribution in [2.75, 3.05) is 11.9 Å². The van der Waals surface area contributed by atoms with Crippen LogP contribution >= 0.6 is 23.8 Å². The summed E-state index contributed by atoms with van der Waals surface area (Å²) in [5.74, 6) is -0.375. The van der Waals surface area contributed by atoms with Crippen LogP contribution < -0.4 is 10.6 Å². The molecule has 0 bridgehead atoms. The number of benzene rings is 1. The minimum absolute atomic E-state index is 0.288. The fourth-order valence-corrected chi connectivity index (χ4v) is 1.38. The van der Waals surface area contributed by atoms with Crippen molar-refractivity contribution in [1.29, 1.82) is 0 Å². The van der Waals surface area contributed by atoms with Gasteiger partial charge in [-0.25, -0.2) is 4.39 Å². The zero-order valence-electron chi connectivity index (χ0n) is 8.31. The average Bonchev–Trinajstić information content (AvgIpc) is 2.20. The molecule has 0 heterocycles. The minimum Gasteiger partial charge on any atom is -0.362 e. The summed E-state index contributed by atoms with van der Waals surface area (Å²) < 4.78 is 13.2. The van der Waals surface area contributed by atoms with Crippen molar-refractivity contribution in [2.24, 2.45) is 0 Å². The molecule has 0 aromatic heterocycles. The molecule has 0 atom stereocenters. The zero-order valence-corrected chi connectivity index (χ0v) is 9.88. The summed E-state index contributed by atoms with van der Waals surface area (Å²) in [6.07, 6.45) is 0.958. The molecule has 1 aromatic rings. The summed E-state index contributed by atoms with van der Waals surface area (Å²) in [6, 6.07) is 4.29. The zero-order chi connectivity index (χ0) is 11.3. The first-order valence-corrected chi connectivity index (χ1v) is 5.42. The van der Waals surface area contributed by atoms with Gasteiger partial charge in [0.2, 0.25) is 0 Å². The molecule has 1 rings (SSSR count). The van der Waals surface area contributed by atoms with E-state index in [1.54, 1.807) is 0 Å². The molecule has 5 heteroatoms. The Morgan fingerprint density at radius 2 is 2.27 bits per heavy atom. The Hall–Kier alpha value is -0.870. The average molecular weight is 247 g/mol. The van der Waals surface area contributed by atoms with E-state index in [0.29, 0.717) is 10.1 Å². The first-order valence-electron chi connectivity index (χ1n) is 4.63. The molecular weight excluding hydrogens is 235 g/mol. The highest BCUT2D eigenvalue weighted by atomic mass is 35.5. The SMILES string of the molecule is CCCNC(=S)Nc1cc(Cl)ccc1F. The molecule has 0 aliphatic carbocycles. The highest BCUT2D eigenvalue weighted by Gasteiger charge is 2.04. The van der Waals surface area contributed by atoms with Crippen LogP contribution in [0.15, 0.2) is 18.2 Å². The number of halogens is 2. The highest BCUT2D eigenvalue weighted by molar-refractivity contribution is 7.80. The van der Waals surface area contributed by atoms with Gasteiger partial charge in [-0.15, -0.1) is 0 Å². The molecule has 2 nitrogen and oxygen atoms in total. The van der Waals surface area contributed by atoms with Gasteiger partial charge in [-0.1, -0.05) is 18.5 Å². The number of thiocarbonyl (C=S) groups is 1. The maximum Gasteiger partial charge on any atom is 0.170 e. The van der Waals surface area contributed by atoms with E-state index in [2.05, 4.69) is 10.6 Å². The van der Waals surface area contributed by atoms with Gasteiger partial charge >= 0.3 is 0 Å². The fourth-order valence-electron chi connectivity index (χ4n) is 0.998. The van der Waals surface area contributed by atoms with E-state index in [9.17, 15) is 4.39 Å². The van der Waals surface area contributed by atoms with Gasteiger partial charge in [0.15, 0.2) is 5.11 Å². The first kappa shape index (κ1) is 12.2. The van der Waals surface area contributed by atoms with E-state index >= 15 is 0 Å². The Balaban J connectivity index is 2.63. The molecular formula is C10H12ClFN2S. The van der Waals surface area contributed by atoms with Crippen LogP contribution in [0.1, 0.15) is 13.3 Å². The fraction of sp³-hybridized carbons (Fsp3) is 0.300. The van der Waals surface area contributed by atoms with Gasteiger partial charge in [0.25, 0.3) is 0 Å². The summed E-state index contributed by atoms with van der Waals surface area (Å²) in [5.41, 5.74) is 0.288. The summed E-state index contributed by atoms with van der Waals surface area (Å²) in [7, 11) is 0. The van der Waals surface area contributed by atoms with E-state index in [4.69, 9.17) is 23.8 Å². The number of hydrogen-bond acceptors (Lipinski definition) is 1. The van der Waals surface area contributed by atoms with E-state index in [-0.39, 0.29) is 11.5 Å². The van der Waals surface area contributed by atoms with E-state index in [0.717, 1.165) is 13.0 Å². The molecule has 0 unspecified atom stereocenters. The Bertz CT molecular complexity index is 357. The van der Waals surface area contributed by atoms with E-state index in [1.807, 2.05) is 6.92 Å². The van der Waals surface area contributed by atoms with Crippen LogP contribution in [0.25, 0.3) is 0 Å². The van der Waals surface area contributed by atoms with Gasteiger partial charge in [0.1, 0.15) is 5.82 Å². The molecule has 0 radical (unpaired) electrons. The monoisotopic (exact) mass is 246 g/mol. The molecule has 0 aliphatic rings. The Labute approximate surface area is 98.8 Å². The molecule has 2 N–H and O–H groups in total. The molecule has 0 aliphatic heterocycles. The van der Waals surface area contributed by atoms with Gasteiger partial charge in [-0.2, -0.15) is 0 Å². The van der Waals surface area contributed by atoms with Crippen molar-refractivity contribution in [1.82, 2.24) is 5.32 Å². The van der Waals surface area contributed by atoms with Crippen LogP contribution in [0, 0.1) is 5.82 Å². The number of hydrogen-bond donors (Lipinski definition) is 2. The lowest BCUT2D eigenvalue weighted by Gasteiger charge is -2.10. The summed E-state index contributed by atoms with van der Waals surface area (Å²) >= 11 is 10.7. The van der Waals surface area contributed by atoms with Crippen molar-refractivity contribution >= 4 is 34.6 Å². The van der Waals surface area contributed by atoms with Crippen molar-refractivity contribution in [2.45, 2.75) is 13.3 Å². The molecule has 0 amide bonds. The van der Waals surface area contributed by atoms with Gasteiger partial charge in [0, 0.05) is 11.6 Å². The normalized spacial score (nSPS) is 9.80. The van der Waals surface area contributed by atoms with Gasteiger partial charge < -0.3 is 10.6 Å². The van der Waals surface area contributed by atoms with Gasteiger partial charge in [-0.05, 0) is 36.8 Å². The Morgan fingerprint density at radius 3 is 2.93 bits per heavy atom. The molecule has 1 aromatic carbocycles. The minimum atomic E-state index is -0.375. The quantitative estimate of drug-likeness (QED) is 0.801. The molecule has 15 heavy (non-hydrogen) atoms. The third-order valence-electron chi connectivity index (χ3n) is 1.71. The lowest BCUT2D eigenvalue weighted by atomic mass is 10.3. The third kappa shape index (κ3) is 4.01. The van der Waals surface area contributed by atoms with E-state index < -0.39 is 0 Å². The number of rotatable bonds is 3. The third-order valence-corrected chi connectivity index (χ3v) is 2.19. The second-order valence-electron chi connectivity index (χ2n) is 3.01. The number of nitrogens with one attached hydrogen (secondary N) is 2. The first-order chi connectivity index (χ1) is 7.13. The largest absolute Gasteiger partial charge is 0.362 e. The maximum absolute atomic E-state index is 13.2. The van der Waals surface area contributed by atoms with Crippen LogP contribution in [-0.2, 0) is 0 Å². The molecule has 0 saturated carbocycles. The molecule has 0 fully saturated rings. The summed E-state index contributed by atoms with van der Waals surface area (Å²) in [4.78, 5) is 0. The second kappa shape index (κ2) is 5.88. The topological polar surface area (TPSA) is 24.1 Å². The van der Waals surface area contributed by atoms with Crippen molar-refractivity contribution < 1.29 is 4.39 Å². The maximum atomic E-state index is 13.2. The summed E-state index contributed by atoms with van der Waals surface area (Å²) in [6.45, 7) is 2.78. The van der Waals surface area contributed by atoms with Crippen LogP contribution in [0.3, 0.4) is 0 Å².